The van der Waals surface area contributed by atoms with Gasteiger partial charge < -0.3 is 75.2 Å². The van der Waals surface area contributed by atoms with Crippen LogP contribution in [0.3, 0.4) is 0 Å². The molecule has 0 bridgehead atoms. The Kier molecular flexibility index (Phi) is 19.9. The van der Waals surface area contributed by atoms with Gasteiger partial charge in [0.15, 0.2) is 29.2 Å². The zero-order valence-corrected chi connectivity index (χ0v) is 47.7. The van der Waals surface area contributed by atoms with Crippen molar-refractivity contribution in [3.05, 3.63) is 114 Å². The second-order valence-corrected chi connectivity index (χ2v) is 21.1. The Bertz CT molecular complexity index is 3200. The largest absolute Gasteiger partial charge is 0.493 e. The molecule has 27 nitrogen and oxygen atoms in total. The third kappa shape index (κ3) is 14.0. The number of aliphatic hydroxyl groups excluding tert-OH is 2. The van der Waals surface area contributed by atoms with Crippen molar-refractivity contribution in [1.82, 2.24) is 35.4 Å². The van der Waals surface area contributed by atoms with Crippen LogP contribution in [-0.4, -0.2) is 167 Å². The highest BCUT2D eigenvalue weighted by Crippen LogP contribution is 2.43. The SMILES string of the molecule is C=CCOC(=O)N[C@H](c1cn([C@@H](CCCNC(N)=O)C(=O)Nc2ccc(COC(=O)N3C[C@H]4[C@@H](O)C(=C)CN4C(=O)c4cc(OC)c(OCCCCCOc5cc6c(cc5OC)C(=O)N5CC(=C)C[C@H]5[C@H](O)N6C(=O)O)cc43)cc2)nn1)C(C)C. The molecule has 454 valence electrons. The number of benzene rings is 3. The van der Waals surface area contributed by atoms with E-state index in [2.05, 4.69) is 46.0 Å². The lowest BCUT2D eigenvalue weighted by molar-refractivity contribution is -0.119. The number of rotatable bonds is 24. The van der Waals surface area contributed by atoms with E-state index >= 15 is 0 Å². The highest BCUT2D eigenvalue weighted by Gasteiger charge is 2.47. The molecule has 8 rings (SSSR count). The van der Waals surface area contributed by atoms with Gasteiger partial charge in [-0.3, -0.25) is 19.3 Å². The third-order valence-electron chi connectivity index (χ3n) is 14.9. The number of aliphatic hydroxyl groups is 2. The number of hydrogen-bond donors (Lipinski definition) is 7. The van der Waals surface area contributed by atoms with Crippen molar-refractivity contribution >= 4 is 59.1 Å². The number of alkyl carbamates (subject to hydrolysis) is 1. The predicted molar refractivity (Wildman–Crippen MR) is 307 cm³/mol. The minimum Gasteiger partial charge on any atom is -0.493 e. The molecule has 0 saturated carbocycles. The molecule has 0 aliphatic carbocycles. The number of carboxylic acid groups (broad SMARTS) is 1. The highest BCUT2D eigenvalue weighted by atomic mass is 16.6. The predicted octanol–water partition coefficient (Wildman–Crippen LogP) is 5.65. The first-order valence-corrected chi connectivity index (χ1v) is 27.6. The number of urea groups is 1. The Balaban J connectivity index is 0.910. The lowest BCUT2D eigenvalue weighted by atomic mass is 10.0. The number of aromatic nitrogens is 3. The van der Waals surface area contributed by atoms with Gasteiger partial charge >= 0.3 is 24.3 Å². The van der Waals surface area contributed by atoms with Crippen LogP contribution >= 0.6 is 0 Å². The molecule has 27 heteroatoms. The highest BCUT2D eigenvalue weighted by molar-refractivity contribution is 6.07. The normalized spacial score (nSPS) is 18.7. The molecule has 85 heavy (non-hydrogen) atoms. The smallest absolute Gasteiger partial charge is 0.414 e. The zero-order valence-electron chi connectivity index (χ0n) is 47.7. The number of nitrogens with one attached hydrogen (secondary N) is 3. The van der Waals surface area contributed by atoms with Crippen LogP contribution in [0.1, 0.15) is 96.4 Å². The molecule has 8 N–H and O–H groups in total. The van der Waals surface area contributed by atoms with Crippen LogP contribution in [0.4, 0.5) is 36.2 Å². The zero-order chi connectivity index (χ0) is 61.2. The molecule has 3 aromatic carbocycles. The first-order valence-electron chi connectivity index (χ1n) is 27.6. The van der Waals surface area contributed by atoms with Gasteiger partial charge in [0, 0.05) is 37.5 Å². The Morgan fingerprint density at radius 2 is 1.47 bits per heavy atom. The summed E-state index contributed by atoms with van der Waals surface area (Å²) < 4.78 is 35.9. The molecule has 0 unspecified atom stereocenters. The Labute approximate surface area is 489 Å². The molecule has 6 atom stereocenters. The van der Waals surface area contributed by atoms with Crippen LogP contribution in [0, 0.1) is 5.92 Å². The number of amides is 8. The van der Waals surface area contributed by atoms with E-state index in [0.717, 1.165) is 4.90 Å². The molecule has 8 amide bonds. The van der Waals surface area contributed by atoms with Crippen molar-refractivity contribution in [2.24, 2.45) is 11.7 Å². The number of carbonyl (C=O) groups excluding carboxylic acids is 6. The summed E-state index contributed by atoms with van der Waals surface area (Å²) in [6.07, 6.45) is -0.265. The fourth-order valence-electron chi connectivity index (χ4n) is 10.6. The van der Waals surface area contributed by atoms with E-state index in [-0.39, 0.29) is 117 Å². The van der Waals surface area contributed by atoms with Gasteiger partial charge in [-0.25, -0.2) is 28.8 Å². The summed E-state index contributed by atoms with van der Waals surface area (Å²) in [6, 6.07) is 8.42. The standard InChI is InChI=1S/C58H71N11O16/c1-8-19-84-56(76)62-49(32(2)3)39-29-68(64-63-39)40(13-12-18-60-55(59)75)51(71)61-36-16-14-35(15-17-36)31-85-58(79)67-30-44-50(70)34(5)28-66(44)52(72)37-23-45(80-6)47(25-41(37)67)82-20-10-9-11-21-83-48-26-42-38(24-46(48)81-7)53(73)65-27-33(4)22-43(65)54(74)69(42)57(77)78/h8,14-17,23-26,29,32,40,43-44,49-50,54,70,74H,1,4-5,9-13,18-22,27-28,30-31H2,2-3,6-7H3,(H,61,71)(H,62,76)(H,77,78)(H3,59,60,75)/t40-,43-,44-,49-,50-,54-/m0/s1. The second kappa shape index (κ2) is 27.3. The first kappa shape index (κ1) is 61.7. The topological polar surface area (TPSA) is 341 Å². The number of unbranched alkanes of at least 4 members (excludes halogenated alkanes) is 2. The maximum atomic E-state index is 14.3. The summed E-state index contributed by atoms with van der Waals surface area (Å²) in [5.74, 6) is -0.740. The minimum atomic E-state index is -1.55. The van der Waals surface area contributed by atoms with Crippen molar-refractivity contribution in [3.8, 4) is 23.0 Å². The minimum absolute atomic E-state index is 0.00615. The number of ether oxygens (including phenoxy) is 6. The van der Waals surface area contributed by atoms with Crippen molar-refractivity contribution in [1.29, 1.82) is 0 Å². The molecule has 4 aliphatic heterocycles. The van der Waals surface area contributed by atoms with Gasteiger partial charge in [0.05, 0.1) is 86.9 Å². The maximum absolute atomic E-state index is 14.3. The van der Waals surface area contributed by atoms with E-state index < -0.39 is 78.5 Å². The molecule has 1 aromatic heterocycles. The van der Waals surface area contributed by atoms with E-state index in [0.29, 0.717) is 53.8 Å². The lowest BCUT2D eigenvalue weighted by Crippen LogP contribution is -2.50. The van der Waals surface area contributed by atoms with E-state index in [1.807, 2.05) is 13.8 Å². The summed E-state index contributed by atoms with van der Waals surface area (Å²) in [7, 11) is 2.81. The molecule has 0 spiro atoms. The monoisotopic (exact) mass is 1180 g/mol. The lowest BCUT2D eigenvalue weighted by Gasteiger charge is -2.30. The van der Waals surface area contributed by atoms with Crippen molar-refractivity contribution in [2.45, 2.75) is 95.5 Å². The summed E-state index contributed by atoms with van der Waals surface area (Å²) in [5, 5.41) is 49.3. The van der Waals surface area contributed by atoms with Gasteiger partial charge in [-0.2, -0.15) is 0 Å². The molecule has 0 radical (unpaired) electrons. The number of hydrogen-bond acceptors (Lipinski definition) is 17. The van der Waals surface area contributed by atoms with E-state index in [9.17, 15) is 48.9 Å². The molecule has 4 aliphatic rings. The number of methoxy groups -OCH3 is 2. The molecular weight excluding hydrogens is 1110 g/mol. The van der Waals surface area contributed by atoms with Crippen LogP contribution in [0.5, 0.6) is 23.0 Å². The Hall–Kier alpha value is -9.37. The molecule has 4 aromatic rings. The number of nitrogens with two attached hydrogens (primary N) is 1. The average molecular weight is 1180 g/mol. The van der Waals surface area contributed by atoms with E-state index in [1.165, 1.54) is 63.9 Å². The van der Waals surface area contributed by atoms with Crippen LogP contribution in [0.15, 0.2) is 91.7 Å². The average Bonchev–Trinajstić information content (AvgIpc) is 1.82. The van der Waals surface area contributed by atoms with E-state index in [1.54, 1.807) is 30.5 Å². The quantitative estimate of drug-likeness (QED) is 0.0329. The number of carbonyl (C=O) groups is 7. The fourth-order valence-corrected chi connectivity index (χ4v) is 10.6. The number of fused-ring (bicyclic) bond motifs is 4. The van der Waals surface area contributed by atoms with E-state index in [4.69, 9.17) is 34.2 Å². The number of primary amides is 1. The Morgan fingerprint density at radius 1 is 0.835 bits per heavy atom. The molecule has 2 saturated heterocycles. The van der Waals surface area contributed by atoms with Gasteiger partial charge in [-0.1, -0.05) is 62.6 Å². The van der Waals surface area contributed by atoms with Crippen molar-refractivity contribution in [3.63, 3.8) is 0 Å². The molecular formula is C58H71N11O16. The second-order valence-electron chi connectivity index (χ2n) is 21.1. The maximum Gasteiger partial charge on any atom is 0.414 e. The van der Waals surface area contributed by atoms with Crippen molar-refractivity contribution in [2.75, 3.05) is 75.3 Å². The molecule has 5 heterocycles. The van der Waals surface area contributed by atoms with Gasteiger partial charge in [-0.05, 0) is 79.8 Å². The first-order chi connectivity index (χ1) is 40.7. The number of nitrogens with zero attached hydrogens (tertiary/aromatic N) is 7. The van der Waals surface area contributed by atoms with Gasteiger partial charge in [0.2, 0.25) is 5.91 Å². The van der Waals surface area contributed by atoms with Gasteiger partial charge in [0.25, 0.3) is 11.8 Å². The summed E-state index contributed by atoms with van der Waals surface area (Å²) in [5.41, 5.74) is 7.92. The van der Waals surface area contributed by atoms with Crippen LogP contribution < -0.4 is 50.4 Å². The van der Waals surface area contributed by atoms with Gasteiger partial charge in [0.1, 0.15) is 24.9 Å². The third-order valence-corrected chi connectivity index (χ3v) is 14.9. The summed E-state index contributed by atoms with van der Waals surface area (Å²) in [6.45, 7) is 15.5. The fraction of sp³-hybridized carbons (Fsp3) is 0.431. The van der Waals surface area contributed by atoms with Crippen LogP contribution in [-0.2, 0) is 20.9 Å². The van der Waals surface area contributed by atoms with Crippen molar-refractivity contribution < 1.29 is 77.3 Å². The summed E-state index contributed by atoms with van der Waals surface area (Å²) >= 11 is 0. The number of anilines is 3. The van der Waals surface area contributed by atoms with Gasteiger partial charge in [-0.15, -0.1) is 5.10 Å². The Morgan fingerprint density at radius 3 is 2.08 bits per heavy atom. The van der Waals surface area contributed by atoms with Crippen LogP contribution in [0.25, 0.3) is 0 Å². The summed E-state index contributed by atoms with van der Waals surface area (Å²) in [4.78, 5) is 97.4. The van der Waals surface area contributed by atoms with Crippen LogP contribution in [0.2, 0.25) is 0 Å². The molecule has 2 fully saturated rings.